The Hall–Kier alpha value is -2.77. The van der Waals surface area contributed by atoms with E-state index in [0.717, 1.165) is 18.4 Å². The summed E-state index contributed by atoms with van der Waals surface area (Å²) in [6, 6.07) is 8.76. The highest BCUT2D eigenvalue weighted by molar-refractivity contribution is 7.85. The van der Waals surface area contributed by atoms with Gasteiger partial charge in [-0.1, -0.05) is 12.1 Å². The Morgan fingerprint density at radius 3 is 2.50 bits per heavy atom. The minimum Gasteiger partial charge on any atom is -0.492 e. The molecule has 0 N–H and O–H groups in total. The van der Waals surface area contributed by atoms with E-state index in [9.17, 15) is 26.9 Å². The molecule has 10 heteroatoms. The molecule has 1 aliphatic heterocycles. The maximum Gasteiger partial charge on any atom is 0.573 e. The normalized spacial score (nSPS) is 13.5. The van der Waals surface area contributed by atoms with Crippen LogP contribution >= 0.6 is 0 Å². The van der Waals surface area contributed by atoms with Crippen LogP contribution in [0.4, 0.5) is 13.2 Å². The molecule has 0 spiro atoms. The van der Waals surface area contributed by atoms with Gasteiger partial charge in [0.05, 0.1) is 31.1 Å². The summed E-state index contributed by atoms with van der Waals surface area (Å²) in [6.07, 6.45) is -3.44. The molecule has 0 radical (unpaired) electrons. The number of halogens is 3. The number of hydrogen-bond acceptors (Lipinski definition) is 6. The summed E-state index contributed by atoms with van der Waals surface area (Å²) in [4.78, 5) is 0. The second kappa shape index (κ2) is 7.33. The Bertz CT molecular complexity index is 1040. The van der Waals surface area contributed by atoms with Gasteiger partial charge in [-0.3, -0.25) is 4.18 Å². The Labute approximate surface area is 159 Å². The minimum absolute atomic E-state index is 0.275. The molecule has 0 bridgehead atoms. The van der Waals surface area contributed by atoms with Crippen molar-refractivity contribution in [2.75, 3.05) is 12.9 Å². The molecule has 0 fully saturated rings. The molecule has 1 aliphatic rings. The quantitative estimate of drug-likeness (QED) is 0.697. The van der Waals surface area contributed by atoms with Gasteiger partial charge in [-0.25, -0.2) is 0 Å². The predicted octanol–water partition coefficient (Wildman–Crippen LogP) is 3.53. The SMILES string of the molecule is CS(=O)(=O)OCc1cc(-c2ccc(OC(F)(F)F)cc2)c2c(c1C#N)CCO2. The van der Waals surface area contributed by atoms with Crippen LogP contribution in [0.2, 0.25) is 0 Å². The number of fused-ring (bicyclic) bond motifs is 1. The molecule has 0 unspecified atom stereocenters. The molecular weight excluding hydrogens is 399 g/mol. The van der Waals surface area contributed by atoms with Gasteiger partial charge < -0.3 is 9.47 Å². The first kappa shape index (κ1) is 20.0. The fraction of sp³-hybridized carbons (Fsp3) is 0.278. The second-order valence-electron chi connectivity index (χ2n) is 6.01. The summed E-state index contributed by atoms with van der Waals surface area (Å²) in [5.41, 5.74) is 2.29. The first-order valence-electron chi connectivity index (χ1n) is 7.99. The molecule has 0 aliphatic carbocycles. The average Bonchev–Trinajstić information content (AvgIpc) is 3.07. The van der Waals surface area contributed by atoms with Gasteiger partial charge in [0.25, 0.3) is 10.1 Å². The molecule has 3 rings (SSSR count). The molecule has 0 atom stereocenters. The van der Waals surface area contributed by atoms with E-state index in [2.05, 4.69) is 4.74 Å². The zero-order chi connectivity index (χ0) is 20.5. The zero-order valence-electron chi connectivity index (χ0n) is 14.5. The van der Waals surface area contributed by atoms with E-state index in [4.69, 9.17) is 8.92 Å². The van der Waals surface area contributed by atoms with E-state index < -0.39 is 16.5 Å². The monoisotopic (exact) mass is 413 g/mol. The molecule has 0 saturated heterocycles. The minimum atomic E-state index is -4.80. The van der Waals surface area contributed by atoms with Gasteiger partial charge in [-0.2, -0.15) is 13.7 Å². The molecule has 6 nitrogen and oxygen atoms in total. The molecular formula is C18H14F3NO5S. The van der Waals surface area contributed by atoms with Crippen molar-refractivity contribution in [2.45, 2.75) is 19.4 Å². The van der Waals surface area contributed by atoms with E-state index in [-0.39, 0.29) is 17.9 Å². The van der Waals surface area contributed by atoms with Crippen molar-refractivity contribution in [3.8, 4) is 28.7 Å². The van der Waals surface area contributed by atoms with Gasteiger partial charge in [-0.05, 0) is 29.3 Å². The van der Waals surface area contributed by atoms with Crippen LogP contribution in [-0.4, -0.2) is 27.6 Å². The summed E-state index contributed by atoms with van der Waals surface area (Å²) < 4.78 is 73.9. The number of benzene rings is 2. The molecule has 0 saturated carbocycles. The third-order valence-electron chi connectivity index (χ3n) is 4.00. The topological polar surface area (TPSA) is 85.6 Å². The fourth-order valence-corrected chi connectivity index (χ4v) is 3.26. The van der Waals surface area contributed by atoms with Gasteiger partial charge in [-0.15, -0.1) is 13.2 Å². The number of alkyl halides is 3. The molecule has 148 valence electrons. The molecule has 28 heavy (non-hydrogen) atoms. The van der Waals surface area contributed by atoms with Gasteiger partial charge in [0.15, 0.2) is 0 Å². The van der Waals surface area contributed by atoms with Gasteiger partial charge in [0.1, 0.15) is 11.5 Å². The van der Waals surface area contributed by atoms with Crippen molar-refractivity contribution >= 4 is 10.1 Å². The van der Waals surface area contributed by atoms with Crippen LogP contribution in [0, 0.1) is 11.3 Å². The summed E-state index contributed by atoms with van der Waals surface area (Å²) in [6.45, 7) is -0.0000559. The maximum atomic E-state index is 12.3. The third-order valence-corrected chi connectivity index (χ3v) is 4.54. The smallest absolute Gasteiger partial charge is 0.492 e. The molecule has 2 aromatic carbocycles. The maximum absolute atomic E-state index is 12.3. The van der Waals surface area contributed by atoms with Crippen molar-refractivity contribution in [1.29, 1.82) is 5.26 Å². The van der Waals surface area contributed by atoms with Crippen molar-refractivity contribution in [2.24, 2.45) is 0 Å². The highest BCUT2D eigenvalue weighted by Crippen LogP contribution is 2.41. The molecule has 2 aromatic rings. The van der Waals surface area contributed by atoms with Crippen LogP contribution in [0.25, 0.3) is 11.1 Å². The van der Waals surface area contributed by atoms with Gasteiger partial charge >= 0.3 is 6.36 Å². The van der Waals surface area contributed by atoms with Crippen molar-refractivity contribution in [3.05, 3.63) is 47.0 Å². The summed E-state index contributed by atoms with van der Waals surface area (Å²) in [5, 5.41) is 9.48. The largest absolute Gasteiger partial charge is 0.573 e. The Balaban J connectivity index is 2.03. The Kier molecular flexibility index (Phi) is 5.23. The van der Waals surface area contributed by atoms with Crippen molar-refractivity contribution in [1.82, 2.24) is 0 Å². The van der Waals surface area contributed by atoms with Crippen LogP contribution in [0.3, 0.4) is 0 Å². The number of hydrogen-bond donors (Lipinski definition) is 0. The third kappa shape index (κ3) is 4.55. The molecule has 1 heterocycles. The van der Waals surface area contributed by atoms with Crippen molar-refractivity contribution in [3.63, 3.8) is 0 Å². The van der Waals surface area contributed by atoms with Crippen LogP contribution in [0.5, 0.6) is 11.5 Å². The zero-order valence-corrected chi connectivity index (χ0v) is 15.4. The van der Waals surface area contributed by atoms with E-state index >= 15 is 0 Å². The van der Waals surface area contributed by atoms with Crippen molar-refractivity contribution < 1.29 is 35.2 Å². The van der Waals surface area contributed by atoms with E-state index in [1.165, 1.54) is 12.1 Å². The lowest BCUT2D eigenvalue weighted by molar-refractivity contribution is -0.274. The highest BCUT2D eigenvalue weighted by Gasteiger charge is 2.31. The van der Waals surface area contributed by atoms with E-state index in [0.29, 0.717) is 41.0 Å². The second-order valence-corrected chi connectivity index (χ2v) is 7.66. The predicted molar refractivity (Wildman–Crippen MR) is 92.1 cm³/mol. The van der Waals surface area contributed by atoms with E-state index in [1.807, 2.05) is 6.07 Å². The lowest BCUT2D eigenvalue weighted by Gasteiger charge is -2.14. The summed E-state index contributed by atoms with van der Waals surface area (Å²) >= 11 is 0. The van der Waals surface area contributed by atoms with Gasteiger partial charge in [0, 0.05) is 17.5 Å². The van der Waals surface area contributed by atoms with Crippen LogP contribution in [-0.2, 0) is 27.3 Å². The number of ether oxygens (including phenoxy) is 2. The highest BCUT2D eigenvalue weighted by atomic mass is 32.2. The standard InChI is InChI=1S/C18H14F3NO5S/c1-28(23,24)26-10-12-8-15(17-14(6-7-25-17)16(12)9-22)11-2-4-13(5-3-11)27-18(19,20)21/h2-5,8H,6-7,10H2,1H3. The first-order valence-corrected chi connectivity index (χ1v) is 9.81. The molecule has 0 aromatic heterocycles. The number of nitrogens with zero attached hydrogens (tertiary/aromatic N) is 1. The van der Waals surface area contributed by atoms with Gasteiger partial charge in [0.2, 0.25) is 0 Å². The van der Waals surface area contributed by atoms with Crippen LogP contribution in [0.15, 0.2) is 30.3 Å². The fourth-order valence-electron chi connectivity index (χ4n) is 2.91. The number of rotatable bonds is 5. The molecule has 0 amide bonds. The van der Waals surface area contributed by atoms with Crippen LogP contribution < -0.4 is 9.47 Å². The van der Waals surface area contributed by atoms with Crippen LogP contribution in [0.1, 0.15) is 16.7 Å². The first-order chi connectivity index (χ1) is 13.1. The summed E-state index contributed by atoms with van der Waals surface area (Å²) in [5.74, 6) is 0.0761. The average molecular weight is 413 g/mol. The Morgan fingerprint density at radius 2 is 1.93 bits per heavy atom. The van der Waals surface area contributed by atoms with E-state index in [1.54, 1.807) is 6.07 Å². The number of nitriles is 1. The lowest BCUT2D eigenvalue weighted by Crippen LogP contribution is -2.16. The summed E-state index contributed by atoms with van der Waals surface area (Å²) in [7, 11) is -3.73. The lowest BCUT2D eigenvalue weighted by atomic mass is 9.93. The Morgan fingerprint density at radius 1 is 1.25 bits per heavy atom.